The van der Waals surface area contributed by atoms with Crippen molar-refractivity contribution in [3.8, 4) is 0 Å². The zero-order chi connectivity index (χ0) is 23.0. The van der Waals surface area contributed by atoms with E-state index in [0.717, 1.165) is 19.3 Å². The molecule has 1 saturated heterocycles. The number of nitrogens with one attached hydrogen (secondary N) is 2. The van der Waals surface area contributed by atoms with Crippen LogP contribution in [0.1, 0.15) is 50.4 Å². The van der Waals surface area contributed by atoms with Gasteiger partial charge in [0.1, 0.15) is 0 Å². The van der Waals surface area contributed by atoms with E-state index < -0.39 is 34.5 Å². The minimum Gasteiger partial charge on any atom is -0.452 e. The molecule has 1 heterocycles. The molecule has 1 saturated carbocycles. The normalized spacial score (nSPS) is 25.0. The number of carbonyl (C=O) groups excluding carboxylic acids is 3. The first kappa shape index (κ1) is 23.2. The fourth-order valence-electron chi connectivity index (χ4n) is 5.05. The molecule has 1 aromatic carbocycles. The van der Waals surface area contributed by atoms with Crippen molar-refractivity contribution >= 4 is 27.9 Å². The average molecular weight is 452 g/mol. The van der Waals surface area contributed by atoms with Crippen LogP contribution < -0.4 is 10.6 Å². The van der Waals surface area contributed by atoms with Crippen LogP contribution in [-0.2, 0) is 19.6 Å². The van der Waals surface area contributed by atoms with E-state index in [1.165, 1.54) is 31.3 Å². The smallest absolute Gasteiger partial charge is 0.338 e. The molecular weight excluding hydrogens is 422 g/mol. The summed E-state index contributed by atoms with van der Waals surface area (Å²) in [6.07, 6.45) is 2.59. The number of rotatable bonds is 5. The Labute approximate surface area is 182 Å². The zero-order valence-corrected chi connectivity index (χ0v) is 19.0. The van der Waals surface area contributed by atoms with Gasteiger partial charge < -0.3 is 10.1 Å². The number of sulfonamides is 1. The molecule has 2 fully saturated rings. The van der Waals surface area contributed by atoms with Crippen molar-refractivity contribution in [2.75, 3.05) is 20.2 Å². The van der Waals surface area contributed by atoms with Gasteiger partial charge in [-0.2, -0.15) is 4.31 Å². The van der Waals surface area contributed by atoms with Gasteiger partial charge in [-0.05, 0) is 48.3 Å². The Kier molecular flexibility index (Phi) is 6.16. The number of amides is 3. The van der Waals surface area contributed by atoms with E-state index in [9.17, 15) is 22.8 Å². The molecule has 2 N–H and O–H groups in total. The maximum absolute atomic E-state index is 13.4. The van der Waals surface area contributed by atoms with Crippen LogP contribution in [0.4, 0.5) is 4.79 Å². The summed E-state index contributed by atoms with van der Waals surface area (Å²) in [6.45, 7) is 6.27. The fourth-order valence-corrected chi connectivity index (χ4v) is 6.87. The number of fused-ring (bicyclic) bond motifs is 2. The number of hydrogen-bond donors (Lipinski definition) is 2. The highest BCUT2D eigenvalue weighted by atomic mass is 32.2. The van der Waals surface area contributed by atoms with Crippen LogP contribution in [0.15, 0.2) is 29.2 Å². The van der Waals surface area contributed by atoms with Crippen molar-refractivity contribution in [2.45, 2.75) is 51.0 Å². The van der Waals surface area contributed by atoms with Crippen LogP contribution in [0.3, 0.4) is 0 Å². The molecule has 0 radical (unpaired) electrons. The Morgan fingerprint density at radius 2 is 1.90 bits per heavy atom. The number of urea groups is 1. The Morgan fingerprint density at radius 1 is 1.19 bits per heavy atom. The number of carbonyl (C=O) groups is 3. The summed E-state index contributed by atoms with van der Waals surface area (Å²) in [7, 11) is -2.45. The van der Waals surface area contributed by atoms with Gasteiger partial charge in [-0.1, -0.05) is 26.8 Å². The maximum Gasteiger partial charge on any atom is 0.338 e. The number of imide groups is 1. The topological polar surface area (TPSA) is 122 Å². The van der Waals surface area contributed by atoms with Gasteiger partial charge in [0.2, 0.25) is 10.0 Å². The van der Waals surface area contributed by atoms with Crippen LogP contribution in [0.5, 0.6) is 0 Å². The Bertz CT molecular complexity index is 1010. The van der Waals surface area contributed by atoms with E-state index in [-0.39, 0.29) is 27.3 Å². The summed E-state index contributed by atoms with van der Waals surface area (Å²) in [5, 5.41) is 4.18. The Hall–Kier alpha value is -2.46. The molecule has 2 atom stereocenters. The van der Waals surface area contributed by atoms with Crippen molar-refractivity contribution < 1.29 is 27.5 Å². The van der Waals surface area contributed by atoms with Crippen LogP contribution in [0, 0.1) is 10.8 Å². The third-order valence-electron chi connectivity index (χ3n) is 5.86. The van der Waals surface area contributed by atoms with Crippen molar-refractivity contribution in [1.29, 1.82) is 0 Å². The number of esters is 1. The molecule has 0 unspecified atom stereocenters. The molecule has 1 aliphatic carbocycles. The van der Waals surface area contributed by atoms with E-state index in [2.05, 4.69) is 26.1 Å². The average Bonchev–Trinajstić information content (AvgIpc) is 2.95. The summed E-state index contributed by atoms with van der Waals surface area (Å²) in [5.74, 6) is -1.64. The molecule has 2 bridgehead atoms. The predicted octanol–water partition coefficient (Wildman–Crippen LogP) is 1.89. The van der Waals surface area contributed by atoms with Gasteiger partial charge in [-0.15, -0.1) is 0 Å². The highest BCUT2D eigenvalue weighted by Gasteiger charge is 2.53. The van der Waals surface area contributed by atoms with Gasteiger partial charge in [0.05, 0.1) is 10.5 Å². The van der Waals surface area contributed by atoms with Crippen molar-refractivity contribution in [3.63, 3.8) is 0 Å². The van der Waals surface area contributed by atoms with Gasteiger partial charge in [0.15, 0.2) is 6.61 Å². The molecule has 3 amide bonds. The first-order valence-electron chi connectivity index (χ1n) is 10.2. The monoisotopic (exact) mass is 451 g/mol. The number of benzene rings is 1. The second kappa shape index (κ2) is 8.23. The van der Waals surface area contributed by atoms with E-state index >= 15 is 0 Å². The molecule has 10 heteroatoms. The lowest BCUT2D eigenvalue weighted by Crippen LogP contribution is -2.39. The summed E-state index contributed by atoms with van der Waals surface area (Å²) >= 11 is 0. The highest BCUT2D eigenvalue weighted by molar-refractivity contribution is 7.89. The van der Waals surface area contributed by atoms with E-state index in [1.54, 1.807) is 4.31 Å². The van der Waals surface area contributed by atoms with Gasteiger partial charge in [0, 0.05) is 19.6 Å². The molecule has 170 valence electrons. The van der Waals surface area contributed by atoms with Crippen LogP contribution in [0.2, 0.25) is 0 Å². The second-order valence-corrected chi connectivity index (χ2v) is 11.4. The lowest BCUT2D eigenvalue weighted by Gasteiger charge is -2.39. The molecule has 0 spiro atoms. The van der Waals surface area contributed by atoms with E-state index in [4.69, 9.17) is 4.74 Å². The molecule has 9 nitrogen and oxygen atoms in total. The lowest BCUT2D eigenvalue weighted by atomic mass is 9.65. The van der Waals surface area contributed by atoms with E-state index in [1.807, 2.05) is 5.32 Å². The molecule has 31 heavy (non-hydrogen) atoms. The molecule has 2 aliphatic rings. The van der Waals surface area contributed by atoms with Crippen LogP contribution >= 0.6 is 0 Å². The SMILES string of the molecule is CNC(=O)NC(=O)COC(=O)c1cccc(S(=O)(=O)N2C[C@]3(C)C[C@H]2CC(C)(C)C3)c1. The van der Waals surface area contributed by atoms with Gasteiger partial charge in [-0.3, -0.25) is 10.1 Å². The fraction of sp³-hybridized carbons (Fsp3) is 0.571. The third kappa shape index (κ3) is 5.07. The zero-order valence-electron chi connectivity index (χ0n) is 18.2. The number of hydrogen-bond acceptors (Lipinski definition) is 6. The standard InChI is InChI=1S/C21H29N3O6S/c1-20(2)9-15-10-21(3,12-20)13-24(15)31(28,29)16-7-5-6-14(8-16)18(26)30-11-17(25)23-19(27)22-4/h5-8,15H,9-13H2,1-4H3,(H2,22,23,25,27)/t15-,21-/m1/s1. The van der Waals surface area contributed by atoms with Gasteiger partial charge in [-0.25, -0.2) is 18.0 Å². The summed E-state index contributed by atoms with van der Waals surface area (Å²) in [6, 6.07) is 4.83. The second-order valence-electron chi connectivity index (χ2n) is 9.50. The first-order valence-corrected chi connectivity index (χ1v) is 11.6. The van der Waals surface area contributed by atoms with Crippen molar-refractivity contribution in [3.05, 3.63) is 29.8 Å². The third-order valence-corrected chi connectivity index (χ3v) is 7.75. The Morgan fingerprint density at radius 3 is 2.58 bits per heavy atom. The van der Waals surface area contributed by atoms with Crippen LogP contribution in [0.25, 0.3) is 0 Å². The number of nitrogens with zero attached hydrogens (tertiary/aromatic N) is 1. The highest BCUT2D eigenvalue weighted by Crippen LogP contribution is 2.53. The quantitative estimate of drug-likeness (QED) is 0.660. The molecule has 1 aliphatic heterocycles. The number of ether oxygens (including phenoxy) is 1. The summed E-state index contributed by atoms with van der Waals surface area (Å²) < 4.78 is 33.3. The molecule has 1 aromatic rings. The van der Waals surface area contributed by atoms with Gasteiger partial charge >= 0.3 is 12.0 Å². The predicted molar refractivity (Wildman–Crippen MR) is 113 cm³/mol. The Balaban J connectivity index is 1.74. The molecule has 3 rings (SSSR count). The largest absolute Gasteiger partial charge is 0.452 e. The lowest BCUT2D eigenvalue weighted by molar-refractivity contribution is -0.123. The van der Waals surface area contributed by atoms with Crippen molar-refractivity contribution in [2.24, 2.45) is 10.8 Å². The minimum absolute atomic E-state index is 0.0162. The maximum atomic E-state index is 13.4. The van der Waals surface area contributed by atoms with Crippen LogP contribution in [-0.4, -0.2) is 56.9 Å². The summed E-state index contributed by atoms with van der Waals surface area (Å²) in [4.78, 5) is 35.0. The van der Waals surface area contributed by atoms with Gasteiger partial charge in [0.25, 0.3) is 5.91 Å². The molecular formula is C21H29N3O6S. The summed E-state index contributed by atoms with van der Waals surface area (Å²) in [5.41, 5.74) is 0.0272. The molecule has 0 aromatic heterocycles. The van der Waals surface area contributed by atoms with E-state index in [0.29, 0.717) is 6.54 Å². The first-order chi connectivity index (χ1) is 14.3. The minimum atomic E-state index is -3.79. The van der Waals surface area contributed by atoms with Crippen molar-refractivity contribution in [1.82, 2.24) is 14.9 Å².